The van der Waals surface area contributed by atoms with Gasteiger partial charge in [0.25, 0.3) is 0 Å². The standard InChI is InChI=1S/C42H62N4/c1-19-20(2)22(4)37(23(5)21(19)3)44-39-28(10)30(12)41(31(13)29(39)11)46-42-34(16)32(14)40(33(15)35(42)17)45-38-26(8)24(6)36(43-18)25(7)27(38)9/h24,26,28,30,32,34,43,45H,1-18H3. The molecule has 4 heteroatoms. The molecule has 0 saturated heterocycles. The van der Waals surface area contributed by atoms with Gasteiger partial charge in [-0.3, -0.25) is 9.98 Å². The van der Waals surface area contributed by atoms with Crippen LogP contribution in [0.2, 0.25) is 0 Å². The minimum absolute atomic E-state index is 0.274. The van der Waals surface area contributed by atoms with E-state index >= 15 is 0 Å². The lowest BCUT2D eigenvalue weighted by molar-refractivity contribution is 0.416. The van der Waals surface area contributed by atoms with Crippen LogP contribution in [0.3, 0.4) is 0 Å². The van der Waals surface area contributed by atoms with Crippen LogP contribution >= 0.6 is 0 Å². The second-order valence-electron chi connectivity index (χ2n) is 15.0. The quantitative estimate of drug-likeness (QED) is 0.343. The molecular formula is C42H62N4. The number of nitrogens with zero attached hydrogens (tertiary/aromatic N) is 2. The zero-order valence-electron chi connectivity index (χ0n) is 32.4. The molecular weight excluding hydrogens is 560 g/mol. The molecule has 6 unspecified atom stereocenters. The molecule has 1 aromatic carbocycles. The van der Waals surface area contributed by atoms with Crippen molar-refractivity contribution >= 4 is 17.1 Å². The molecule has 4 nitrogen and oxygen atoms in total. The van der Waals surface area contributed by atoms with Gasteiger partial charge in [-0.25, -0.2) is 0 Å². The largest absolute Gasteiger partial charge is 0.391 e. The highest BCUT2D eigenvalue weighted by molar-refractivity contribution is 6.18. The Morgan fingerprint density at radius 2 is 0.761 bits per heavy atom. The number of benzene rings is 1. The molecule has 46 heavy (non-hydrogen) atoms. The van der Waals surface area contributed by atoms with Crippen LogP contribution in [0.15, 0.2) is 66.2 Å². The molecule has 250 valence electrons. The first-order chi connectivity index (χ1) is 21.4. The van der Waals surface area contributed by atoms with Crippen LogP contribution in [0.1, 0.15) is 111 Å². The van der Waals surface area contributed by atoms with E-state index < -0.39 is 0 Å². The fourth-order valence-corrected chi connectivity index (χ4v) is 8.12. The maximum Gasteiger partial charge on any atom is 0.0696 e. The highest BCUT2D eigenvalue weighted by Gasteiger charge is 2.36. The third-order valence-corrected chi connectivity index (χ3v) is 12.9. The van der Waals surface area contributed by atoms with Crippen molar-refractivity contribution < 1.29 is 0 Å². The van der Waals surface area contributed by atoms with Crippen molar-refractivity contribution in [2.45, 2.75) is 118 Å². The minimum Gasteiger partial charge on any atom is -0.391 e. The molecule has 3 aliphatic carbocycles. The number of allylic oxidation sites excluding steroid dienone is 10. The van der Waals surface area contributed by atoms with Crippen molar-refractivity contribution in [3.05, 3.63) is 84.0 Å². The van der Waals surface area contributed by atoms with E-state index in [-0.39, 0.29) is 11.8 Å². The Morgan fingerprint density at radius 3 is 1.24 bits per heavy atom. The molecule has 0 heterocycles. The van der Waals surface area contributed by atoms with Crippen LogP contribution in [-0.2, 0) is 0 Å². The number of nitrogens with one attached hydrogen (secondary N) is 2. The summed E-state index contributed by atoms with van der Waals surface area (Å²) in [6, 6.07) is 0. The van der Waals surface area contributed by atoms with Crippen LogP contribution < -0.4 is 10.6 Å². The van der Waals surface area contributed by atoms with Crippen molar-refractivity contribution in [3.63, 3.8) is 0 Å². The third kappa shape index (κ3) is 5.69. The van der Waals surface area contributed by atoms with Gasteiger partial charge in [0.05, 0.1) is 5.69 Å². The Labute approximate surface area is 281 Å². The van der Waals surface area contributed by atoms with E-state index in [4.69, 9.17) is 9.98 Å². The van der Waals surface area contributed by atoms with Crippen molar-refractivity contribution in [1.29, 1.82) is 0 Å². The first-order valence-electron chi connectivity index (χ1n) is 17.6. The highest BCUT2D eigenvalue weighted by Crippen LogP contribution is 2.43. The summed E-state index contributed by atoms with van der Waals surface area (Å²) in [5, 5.41) is 7.49. The third-order valence-electron chi connectivity index (χ3n) is 12.9. The van der Waals surface area contributed by atoms with E-state index in [0.717, 1.165) is 5.69 Å². The molecule has 0 radical (unpaired) electrons. The van der Waals surface area contributed by atoms with Crippen LogP contribution in [0.25, 0.3) is 0 Å². The van der Waals surface area contributed by atoms with Crippen molar-refractivity contribution in [3.8, 4) is 0 Å². The van der Waals surface area contributed by atoms with Gasteiger partial charge in [0.15, 0.2) is 0 Å². The molecule has 6 atom stereocenters. The lowest BCUT2D eigenvalue weighted by atomic mass is 9.74. The Balaban J connectivity index is 1.81. The maximum absolute atomic E-state index is 5.59. The van der Waals surface area contributed by atoms with E-state index in [2.05, 4.69) is 135 Å². The van der Waals surface area contributed by atoms with Gasteiger partial charge in [-0.2, -0.15) is 0 Å². The fourth-order valence-electron chi connectivity index (χ4n) is 8.12. The molecule has 1 aromatic rings. The Kier molecular flexibility index (Phi) is 10.2. The van der Waals surface area contributed by atoms with Crippen molar-refractivity contribution in [2.75, 3.05) is 7.05 Å². The van der Waals surface area contributed by atoms with E-state index in [1.54, 1.807) is 0 Å². The predicted molar refractivity (Wildman–Crippen MR) is 201 cm³/mol. The molecule has 0 aliphatic heterocycles. The summed E-state index contributed by atoms with van der Waals surface area (Å²) in [4.78, 5) is 11.0. The van der Waals surface area contributed by atoms with Gasteiger partial charge >= 0.3 is 0 Å². The molecule has 0 saturated carbocycles. The normalized spacial score (nSPS) is 29.6. The van der Waals surface area contributed by atoms with Gasteiger partial charge in [0.1, 0.15) is 0 Å². The SMILES string of the molecule is CNC1=C(C)C(C)=C(NC2=C(C)C(C)=C(N=C3C(C)=C(C)C(=Nc4c(C)c(C)c(C)c(C)c4C)C(C)C3C)C(C)C2C)C(C)C1C. The van der Waals surface area contributed by atoms with E-state index in [1.807, 2.05) is 0 Å². The molecule has 0 bridgehead atoms. The summed E-state index contributed by atoms with van der Waals surface area (Å²) >= 11 is 0. The summed E-state index contributed by atoms with van der Waals surface area (Å²) < 4.78 is 0. The van der Waals surface area contributed by atoms with Gasteiger partial charge in [-0.05, 0) is 137 Å². The monoisotopic (exact) mass is 622 g/mol. The zero-order chi connectivity index (χ0) is 34.7. The summed E-state index contributed by atoms with van der Waals surface area (Å²) in [5.74, 6) is 2.04. The molecule has 0 amide bonds. The first kappa shape index (κ1) is 35.7. The highest BCUT2D eigenvalue weighted by atomic mass is 15.0. The topological polar surface area (TPSA) is 48.8 Å². The average Bonchev–Trinajstić information content (AvgIpc) is 3.03. The number of aliphatic imine (C=N–C) groups is 2. The summed E-state index contributed by atoms with van der Waals surface area (Å²) in [6.45, 7) is 38.9. The molecule has 3 aliphatic rings. The van der Waals surface area contributed by atoms with Crippen LogP contribution in [0, 0.1) is 70.1 Å². The molecule has 0 fully saturated rings. The molecule has 2 N–H and O–H groups in total. The van der Waals surface area contributed by atoms with Gasteiger partial charge in [0, 0.05) is 76.8 Å². The van der Waals surface area contributed by atoms with Crippen LogP contribution in [-0.4, -0.2) is 18.5 Å². The summed E-state index contributed by atoms with van der Waals surface area (Å²) in [5.41, 5.74) is 23.5. The van der Waals surface area contributed by atoms with Crippen molar-refractivity contribution in [2.24, 2.45) is 45.5 Å². The predicted octanol–water partition coefficient (Wildman–Crippen LogP) is 10.8. The van der Waals surface area contributed by atoms with Gasteiger partial charge < -0.3 is 10.6 Å². The van der Waals surface area contributed by atoms with Gasteiger partial charge in [0.2, 0.25) is 0 Å². The van der Waals surface area contributed by atoms with E-state index in [9.17, 15) is 0 Å². The van der Waals surface area contributed by atoms with Gasteiger partial charge in [-0.15, -0.1) is 0 Å². The summed E-state index contributed by atoms with van der Waals surface area (Å²) in [6.07, 6.45) is 0. The second kappa shape index (κ2) is 13.2. The fraction of sp³-hybridized carbons (Fsp3) is 0.571. The second-order valence-corrected chi connectivity index (χ2v) is 15.0. The number of rotatable bonds is 5. The Morgan fingerprint density at radius 1 is 0.391 bits per heavy atom. The van der Waals surface area contributed by atoms with Crippen LogP contribution in [0.4, 0.5) is 5.69 Å². The smallest absolute Gasteiger partial charge is 0.0696 e. The molecule has 0 spiro atoms. The maximum atomic E-state index is 5.59. The Bertz CT molecular complexity index is 1650. The van der Waals surface area contributed by atoms with Gasteiger partial charge in [-0.1, -0.05) is 41.5 Å². The number of hydrogen-bond donors (Lipinski definition) is 2. The van der Waals surface area contributed by atoms with Crippen LogP contribution in [0.5, 0.6) is 0 Å². The van der Waals surface area contributed by atoms with Crippen molar-refractivity contribution in [1.82, 2.24) is 10.6 Å². The lowest BCUT2D eigenvalue weighted by Gasteiger charge is -2.39. The van der Waals surface area contributed by atoms with E-state index in [0.29, 0.717) is 23.7 Å². The first-order valence-corrected chi connectivity index (χ1v) is 17.6. The minimum atomic E-state index is 0.274. The summed E-state index contributed by atoms with van der Waals surface area (Å²) in [7, 11) is 2.05. The van der Waals surface area contributed by atoms with E-state index in [1.165, 1.54) is 95.5 Å². The molecule has 4 rings (SSSR count). The average molecular weight is 623 g/mol. The zero-order valence-corrected chi connectivity index (χ0v) is 32.4. The Hall–Kier alpha value is -3.14. The lowest BCUT2D eigenvalue weighted by Crippen LogP contribution is -2.36. The number of hydrogen-bond acceptors (Lipinski definition) is 4. The molecule has 0 aromatic heterocycles.